The molecule has 37 heavy (non-hydrogen) atoms. The summed E-state index contributed by atoms with van der Waals surface area (Å²) in [5.41, 5.74) is 2.03. The lowest BCUT2D eigenvalue weighted by Crippen LogP contribution is -2.44. The highest BCUT2D eigenvalue weighted by molar-refractivity contribution is 7.92. The number of nitrogens with zero attached hydrogens (tertiary/aromatic N) is 4. The summed E-state index contributed by atoms with van der Waals surface area (Å²) in [5.74, 6) is 1.06. The van der Waals surface area contributed by atoms with Gasteiger partial charge < -0.3 is 25.4 Å². The number of aliphatic hydroxyl groups is 1. The van der Waals surface area contributed by atoms with Gasteiger partial charge in [0.15, 0.2) is 20.8 Å². The quantitative estimate of drug-likeness (QED) is 0.300. The van der Waals surface area contributed by atoms with E-state index >= 15 is 0 Å². The van der Waals surface area contributed by atoms with E-state index in [0.29, 0.717) is 68.0 Å². The van der Waals surface area contributed by atoms with E-state index in [1.807, 2.05) is 30.3 Å². The zero-order chi connectivity index (χ0) is 26.5. The summed E-state index contributed by atoms with van der Waals surface area (Å²) in [5, 5.41) is 24.4. The topological polar surface area (TPSA) is 140 Å². The summed E-state index contributed by atoms with van der Waals surface area (Å²) >= 11 is 5.26. The molecular weight excluding hydrogens is 512 g/mol. The smallest absolute Gasteiger partial charge is 0.170 e. The molecule has 0 bridgehead atoms. The van der Waals surface area contributed by atoms with Crippen LogP contribution in [0.1, 0.15) is 38.3 Å². The van der Waals surface area contributed by atoms with Crippen LogP contribution in [-0.4, -0.2) is 73.3 Å². The van der Waals surface area contributed by atoms with E-state index in [1.54, 1.807) is 0 Å². The monoisotopic (exact) mass is 544 g/mol. The Bertz CT molecular complexity index is 1260. The second kappa shape index (κ2) is 11.7. The number of ether oxygens (including phenoxy) is 1. The molecule has 0 spiro atoms. The average molecular weight is 545 g/mol. The third kappa shape index (κ3) is 6.18. The molecule has 2 aromatic rings. The van der Waals surface area contributed by atoms with Gasteiger partial charge in [-0.2, -0.15) is 5.26 Å². The predicted octanol–water partition coefficient (Wildman–Crippen LogP) is 2.36. The molecule has 1 saturated heterocycles. The molecule has 3 N–H and O–H groups in total. The first kappa shape index (κ1) is 27.2. The maximum Gasteiger partial charge on any atom is 0.170 e. The molecule has 1 aliphatic heterocycles. The van der Waals surface area contributed by atoms with E-state index in [2.05, 4.69) is 28.5 Å². The fraction of sp³-hybridized carbons (Fsp3) is 0.520. The van der Waals surface area contributed by atoms with Crippen molar-refractivity contribution < 1.29 is 18.3 Å². The number of hydrogen-bond donors (Lipinski definition) is 3. The number of anilines is 2. The van der Waals surface area contributed by atoms with Crippen molar-refractivity contribution in [2.45, 2.75) is 43.4 Å². The van der Waals surface area contributed by atoms with E-state index < -0.39 is 14.6 Å². The maximum atomic E-state index is 13.3. The van der Waals surface area contributed by atoms with Gasteiger partial charge in [0, 0.05) is 37.0 Å². The molecule has 1 atom stereocenters. The molecule has 1 aromatic heterocycles. The number of aliphatic hydroxyl groups excluding tert-OH is 1. The van der Waals surface area contributed by atoms with Gasteiger partial charge in [0.05, 0.1) is 43.2 Å². The highest BCUT2D eigenvalue weighted by atomic mass is 32.2. The van der Waals surface area contributed by atoms with E-state index in [1.165, 1.54) is 0 Å². The van der Waals surface area contributed by atoms with Gasteiger partial charge in [-0.15, -0.1) is 0 Å². The van der Waals surface area contributed by atoms with Gasteiger partial charge in [-0.25, -0.2) is 18.4 Å². The second-order valence-electron chi connectivity index (χ2n) is 9.31. The Balaban J connectivity index is 1.66. The van der Waals surface area contributed by atoms with Crippen LogP contribution >= 0.6 is 12.2 Å². The zero-order valence-electron chi connectivity index (χ0n) is 20.8. The van der Waals surface area contributed by atoms with Crippen molar-refractivity contribution in [3.05, 3.63) is 36.0 Å². The van der Waals surface area contributed by atoms with Crippen LogP contribution in [0.15, 0.2) is 30.3 Å². The van der Waals surface area contributed by atoms with E-state index in [0.717, 1.165) is 11.3 Å². The SMILES string of the molecule is C[C@H]1COCCN1c1cc(C2(S(=O)(=O)CCCO)CC2)nc(-c2ccc(NC(=S)NCCC#N)cc2)n1. The number of nitriles is 1. The van der Waals surface area contributed by atoms with Crippen molar-refractivity contribution in [2.24, 2.45) is 0 Å². The number of aromatic nitrogens is 2. The number of thiocarbonyl (C=S) groups is 1. The van der Waals surface area contributed by atoms with Crippen LogP contribution in [0, 0.1) is 11.3 Å². The van der Waals surface area contributed by atoms with Gasteiger partial charge in [0.2, 0.25) is 0 Å². The Morgan fingerprint density at radius 3 is 2.73 bits per heavy atom. The third-order valence-electron chi connectivity index (χ3n) is 6.64. The molecule has 1 aromatic carbocycles. The number of benzene rings is 1. The summed E-state index contributed by atoms with van der Waals surface area (Å²) in [6.45, 7) is 4.14. The zero-order valence-corrected chi connectivity index (χ0v) is 22.4. The first-order valence-corrected chi connectivity index (χ1v) is 14.4. The van der Waals surface area contributed by atoms with Crippen LogP contribution in [0.25, 0.3) is 11.4 Å². The average Bonchev–Trinajstić information content (AvgIpc) is 3.71. The van der Waals surface area contributed by atoms with Crippen molar-refractivity contribution in [1.29, 1.82) is 5.26 Å². The maximum absolute atomic E-state index is 13.3. The molecule has 0 amide bonds. The van der Waals surface area contributed by atoms with Crippen molar-refractivity contribution in [1.82, 2.24) is 15.3 Å². The summed E-state index contributed by atoms with van der Waals surface area (Å²) in [6, 6.07) is 11.4. The van der Waals surface area contributed by atoms with Crippen molar-refractivity contribution in [2.75, 3.05) is 48.9 Å². The number of morpholine rings is 1. The second-order valence-corrected chi connectivity index (χ2v) is 12.1. The molecule has 2 aliphatic rings. The van der Waals surface area contributed by atoms with Crippen LogP contribution in [0.2, 0.25) is 0 Å². The summed E-state index contributed by atoms with van der Waals surface area (Å²) in [4.78, 5) is 11.7. The van der Waals surface area contributed by atoms with Gasteiger partial charge in [0.1, 0.15) is 10.6 Å². The minimum absolute atomic E-state index is 0.0746. The number of sulfone groups is 1. The van der Waals surface area contributed by atoms with Crippen LogP contribution in [0.5, 0.6) is 0 Å². The van der Waals surface area contributed by atoms with Gasteiger partial charge in [-0.05, 0) is 62.7 Å². The number of nitrogens with one attached hydrogen (secondary N) is 2. The molecular formula is C25H32N6O4S2. The molecule has 2 fully saturated rings. The Hall–Kier alpha value is -2.85. The predicted molar refractivity (Wildman–Crippen MR) is 146 cm³/mol. The van der Waals surface area contributed by atoms with Crippen molar-refractivity contribution in [3.63, 3.8) is 0 Å². The minimum Gasteiger partial charge on any atom is -0.396 e. The fourth-order valence-electron chi connectivity index (χ4n) is 4.41. The molecule has 198 valence electrons. The van der Waals surface area contributed by atoms with Gasteiger partial charge in [-0.1, -0.05) is 0 Å². The van der Waals surface area contributed by atoms with Gasteiger partial charge in [0.25, 0.3) is 0 Å². The van der Waals surface area contributed by atoms with E-state index in [-0.39, 0.29) is 24.8 Å². The lowest BCUT2D eigenvalue weighted by molar-refractivity contribution is 0.0985. The normalized spacial score (nSPS) is 18.6. The Morgan fingerprint density at radius 2 is 2.08 bits per heavy atom. The molecule has 2 heterocycles. The van der Waals surface area contributed by atoms with Crippen LogP contribution < -0.4 is 15.5 Å². The molecule has 0 radical (unpaired) electrons. The van der Waals surface area contributed by atoms with Crippen molar-refractivity contribution >= 4 is 38.7 Å². The van der Waals surface area contributed by atoms with E-state index in [9.17, 15) is 13.5 Å². The Labute approximate surface area is 223 Å². The molecule has 1 saturated carbocycles. The number of hydrogen-bond acceptors (Lipinski definition) is 9. The van der Waals surface area contributed by atoms with Crippen LogP contribution in [0.4, 0.5) is 11.5 Å². The van der Waals surface area contributed by atoms with Gasteiger partial charge in [-0.3, -0.25) is 0 Å². The number of rotatable bonds is 10. The summed E-state index contributed by atoms with van der Waals surface area (Å²) in [7, 11) is -3.50. The summed E-state index contributed by atoms with van der Waals surface area (Å²) in [6.07, 6.45) is 1.58. The van der Waals surface area contributed by atoms with Crippen LogP contribution in [0.3, 0.4) is 0 Å². The standard InChI is InChI=1S/C25H32N6O4S2/c1-18-17-35-14-12-31(18)22-16-21(25(8-9-25)37(33,34)15-3-13-32)29-23(30-22)19-4-6-20(7-5-19)28-24(36)27-11-2-10-26/h4-7,16,18,32H,2-3,8-9,11-15,17H2,1H3,(H2,27,28,36)/t18-/m0/s1. The van der Waals surface area contributed by atoms with Crippen molar-refractivity contribution in [3.8, 4) is 17.5 Å². The lowest BCUT2D eigenvalue weighted by Gasteiger charge is -2.34. The minimum atomic E-state index is -3.50. The summed E-state index contributed by atoms with van der Waals surface area (Å²) < 4.78 is 31.1. The van der Waals surface area contributed by atoms with Gasteiger partial charge >= 0.3 is 0 Å². The Kier molecular flexibility index (Phi) is 8.59. The highest BCUT2D eigenvalue weighted by Crippen LogP contribution is 2.53. The molecule has 12 heteroatoms. The van der Waals surface area contributed by atoms with Crippen LogP contribution in [-0.2, 0) is 19.3 Å². The third-order valence-corrected chi connectivity index (χ3v) is 9.52. The first-order valence-electron chi connectivity index (χ1n) is 12.4. The first-order chi connectivity index (χ1) is 17.8. The lowest BCUT2D eigenvalue weighted by atomic mass is 10.1. The van der Waals surface area contributed by atoms with E-state index in [4.69, 9.17) is 32.2 Å². The molecule has 4 rings (SSSR count). The Morgan fingerprint density at radius 1 is 1.32 bits per heavy atom. The molecule has 1 aliphatic carbocycles. The highest BCUT2D eigenvalue weighted by Gasteiger charge is 2.56. The largest absolute Gasteiger partial charge is 0.396 e. The molecule has 10 nitrogen and oxygen atoms in total. The fourth-order valence-corrected chi connectivity index (χ4v) is 6.68. The molecule has 0 unspecified atom stereocenters.